The fourth-order valence-electron chi connectivity index (χ4n) is 5.98. The zero-order valence-electron chi connectivity index (χ0n) is 26.9. The maximum Gasteiger partial charge on any atom is 0.338 e. The molecule has 0 spiro atoms. The van der Waals surface area contributed by atoms with Crippen molar-refractivity contribution in [3.05, 3.63) is 112 Å². The zero-order valence-corrected chi connectivity index (χ0v) is 29.3. The Kier molecular flexibility index (Phi) is 9.83. The third kappa shape index (κ3) is 5.89. The Labute approximate surface area is 279 Å². The number of halogens is 1. The third-order valence-electron chi connectivity index (χ3n) is 8.09. The van der Waals surface area contributed by atoms with Crippen LogP contribution in [0.5, 0.6) is 5.75 Å². The number of allylic oxidation sites excluding steroid dienone is 1. The summed E-state index contributed by atoms with van der Waals surface area (Å²) in [5.74, 6) is -0.371. The smallest absolute Gasteiger partial charge is 0.338 e. The number of methoxy groups -OCH3 is 2. The van der Waals surface area contributed by atoms with Gasteiger partial charge in [0.15, 0.2) is 4.80 Å². The molecule has 4 aromatic rings. The number of ether oxygens (including phenoxy) is 3. The van der Waals surface area contributed by atoms with Gasteiger partial charge in [-0.3, -0.25) is 9.36 Å². The molecule has 0 amide bonds. The molecule has 240 valence electrons. The Hall–Kier alpha value is -4.22. The van der Waals surface area contributed by atoms with Crippen molar-refractivity contribution < 1.29 is 23.8 Å². The van der Waals surface area contributed by atoms with Crippen LogP contribution in [-0.4, -0.2) is 41.9 Å². The number of hydrogen-bond acceptors (Lipinski definition) is 8. The Morgan fingerprint density at radius 2 is 1.83 bits per heavy atom. The second-order valence-electron chi connectivity index (χ2n) is 10.9. The molecule has 2 aromatic heterocycles. The summed E-state index contributed by atoms with van der Waals surface area (Å²) in [6.45, 7) is 9.82. The number of aryl methyl sites for hydroxylation is 1. The second kappa shape index (κ2) is 13.6. The first-order chi connectivity index (χ1) is 22.1. The molecule has 1 atom stereocenters. The number of carbonyl (C=O) groups excluding carboxylic acids is 2. The topological polar surface area (TPSA) is 101 Å². The maximum atomic E-state index is 14.4. The predicted molar refractivity (Wildman–Crippen MR) is 182 cm³/mol. The summed E-state index contributed by atoms with van der Waals surface area (Å²) in [5, 5.41) is 0. The molecule has 3 heterocycles. The molecular weight excluding hydrogens is 670 g/mol. The van der Waals surface area contributed by atoms with Gasteiger partial charge in [0.05, 0.1) is 42.2 Å². The van der Waals surface area contributed by atoms with Crippen LogP contribution < -0.4 is 19.6 Å². The minimum atomic E-state index is -0.803. The summed E-state index contributed by atoms with van der Waals surface area (Å²) >= 11 is 4.84. The normalized spacial score (nSPS) is 14.6. The van der Waals surface area contributed by atoms with Crippen LogP contribution in [0.4, 0.5) is 0 Å². The summed E-state index contributed by atoms with van der Waals surface area (Å²) < 4.78 is 21.1. The van der Waals surface area contributed by atoms with Crippen LogP contribution in [0.3, 0.4) is 0 Å². The number of rotatable bonds is 9. The summed E-state index contributed by atoms with van der Waals surface area (Å²) in [5.41, 5.74) is 6.12. The van der Waals surface area contributed by atoms with E-state index in [1.165, 1.54) is 18.4 Å². The fraction of sp³-hybridized carbons (Fsp3) is 0.314. The van der Waals surface area contributed by atoms with Crippen molar-refractivity contribution in [2.75, 3.05) is 20.8 Å². The van der Waals surface area contributed by atoms with E-state index in [-0.39, 0.29) is 12.2 Å². The Balaban J connectivity index is 1.75. The van der Waals surface area contributed by atoms with E-state index < -0.39 is 18.0 Å². The number of aromatic nitrogens is 2. The molecule has 0 fully saturated rings. The molecular formula is C35H36BrN3O6S. The predicted octanol–water partition coefficient (Wildman–Crippen LogP) is 5.85. The van der Waals surface area contributed by atoms with E-state index in [0.717, 1.165) is 39.1 Å². The molecule has 9 nitrogen and oxygen atoms in total. The summed E-state index contributed by atoms with van der Waals surface area (Å²) in [4.78, 5) is 45.7. The highest BCUT2D eigenvalue weighted by atomic mass is 79.9. The van der Waals surface area contributed by atoms with Crippen LogP contribution in [0, 0.1) is 20.8 Å². The molecule has 0 bridgehead atoms. The van der Waals surface area contributed by atoms with Crippen molar-refractivity contribution >= 4 is 45.3 Å². The van der Waals surface area contributed by atoms with Crippen LogP contribution in [0.1, 0.15) is 71.2 Å². The monoisotopic (exact) mass is 705 g/mol. The minimum absolute atomic E-state index is 0.187. The van der Waals surface area contributed by atoms with Crippen LogP contribution >= 0.6 is 27.3 Å². The van der Waals surface area contributed by atoms with Gasteiger partial charge < -0.3 is 18.8 Å². The lowest BCUT2D eigenvalue weighted by atomic mass is 9.93. The second-order valence-corrected chi connectivity index (χ2v) is 12.8. The van der Waals surface area contributed by atoms with Crippen LogP contribution in [-0.2, 0) is 14.3 Å². The minimum Gasteiger partial charge on any atom is -0.496 e. The van der Waals surface area contributed by atoms with Gasteiger partial charge in [-0.25, -0.2) is 14.6 Å². The van der Waals surface area contributed by atoms with Crippen LogP contribution in [0.15, 0.2) is 68.0 Å². The average molecular weight is 707 g/mol. The van der Waals surface area contributed by atoms with Gasteiger partial charge in [-0.2, -0.15) is 0 Å². The molecule has 0 saturated carbocycles. The van der Waals surface area contributed by atoms with Gasteiger partial charge in [0, 0.05) is 27.1 Å². The van der Waals surface area contributed by atoms with E-state index in [1.54, 1.807) is 24.7 Å². The van der Waals surface area contributed by atoms with E-state index in [4.69, 9.17) is 19.2 Å². The largest absolute Gasteiger partial charge is 0.496 e. The molecule has 1 aliphatic rings. The first kappa shape index (κ1) is 33.2. The van der Waals surface area contributed by atoms with Gasteiger partial charge >= 0.3 is 11.9 Å². The third-order valence-corrected chi connectivity index (χ3v) is 9.56. The maximum absolute atomic E-state index is 14.4. The van der Waals surface area contributed by atoms with Crippen LogP contribution in [0.2, 0.25) is 0 Å². The molecule has 0 unspecified atom stereocenters. The molecule has 0 radical (unpaired) electrons. The molecule has 1 aliphatic heterocycles. The fourth-order valence-corrected chi connectivity index (χ4v) is 7.37. The molecule has 46 heavy (non-hydrogen) atoms. The van der Waals surface area contributed by atoms with Crippen molar-refractivity contribution in [3.63, 3.8) is 0 Å². The first-order valence-corrected chi connectivity index (χ1v) is 16.6. The summed E-state index contributed by atoms with van der Waals surface area (Å²) in [6.07, 6.45) is 3.16. The van der Waals surface area contributed by atoms with E-state index in [9.17, 15) is 14.4 Å². The molecule has 2 aromatic carbocycles. The SMILES string of the molecule is CCCC1=C(C(=O)OCC)[C@@H](c2cc(Br)ccc2OC)n2c(s/c(=C\c3cc(C)n(-c4cccc(C(=O)OC)c4C)c3C)c2=O)=N1. The van der Waals surface area contributed by atoms with Crippen molar-refractivity contribution in [1.82, 2.24) is 9.13 Å². The number of fused-ring (bicyclic) bond motifs is 1. The van der Waals surface area contributed by atoms with Gasteiger partial charge in [-0.05, 0) is 87.7 Å². The standard InChI is InChI=1S/C35H36BrN3O6S/c1-8-11-26-30(34(42)45-9-2)31(25-18-23(36)14-15-28(25)43-6)39-32(40)29(46-35(39)37-26)17-22-16-19(3)38(21(22)5)27-13-10-12-24(20(27)4)33(41)44-7/h10,12-18,31H,8-9,11H2,1-7H3/b29-17-/t31-/m1/s1. The zero-order chi connectivity index (χ0) is 33.3. The summed E-state index contributed by atoms with van der Waals surface area (Å²) in [7, 11) is 2.93. The number of carbonyl (C=O) groups is 2. The lowest BCUT2D eigenvalue weighted by molar-refractivity contribution is -0.139. The number of hydrogen-bond donors (Lipinski definition) is 0. The van der Waals surface area contributed by atoms with Crippen molar-refractivity contribution in [2.45, 2.75) is 53.5 Å². The Morgan fingerprint density at radius 3 is 2.50 bits per heavy atom. The Bertz CT molecular complexity index is 2070. The van der Waals surface area contributed by atoms with Gasteiger partial charge in [0.2, 0.25) is 0 Å². The van der Waals surface area contributed by atoms with E-state index in [2.05, 4.69) is 20.5 Å². The van der Waals surface area contributed by atoms with E-state index in [0.29, 0.717) is 43.9 Å². The highest BCUT2D eigenvalue weighted by Crippen LogP contribution is 2.38. The van der Waals surface area contributed by atoms with Crippen LogP contribution in [0.25, 0.3) is 11.8 Å². The molecule has 11 heteroatoms. The highest BCUT2D eigenvalue weighted by Gasteiger charge is 2.36. The van der Waals surface area contributed by atoms with Crippen molar-refractivity contribution in [1.29, 1.82) is 0 Å². The van der Waals surface area contributed by atoms with Gasteiger partial charge in [0.25, 0.3) is 5.56 Å². The molecule has 0 saturated heterocycles. The summed E-state index contributed by atoms with van der Waals surface area (Å²) in [6, 6.07) is 12.3. The highest BCUT2D eigenvalue weighted by molar-refractivity contribution is 9.10. The lowest BCUT2D eigenvalue weighted by Crippen LogP contribution is -2.40. The average Bonchev–Trinajstić information content (AvgIpc) is 3.49. The molecule has 5 rings (SSSR count). The van der Waals surface area contributed by atoms with Crippen molar-refractivity contribution in [2.24, 2.45) is 4.99 Å². The van der Waals surface area contributed by atoms with E-state index in [1.807, 2.05) is 70.2 Å². The number of thiazole rings is 1. The molecule has 0 aliphatic carbocycles. The van der Waals surface area contributed by atoms with Gasteiger partial charge in [-0.1, -0.05) is 46.7 Å². The first-order valence-electron chi connectivity index (χ1n) is 15.0. The number of benzene rings is 2. The van der Waals surface area contributed by atoms with E-state index >= 15 is 0 Å². The number of esters is 2. The molecule has 0 N–H and O–H groups in total. The van der Waals surface area contributed by atoms with Gasteiger partial charge in [0.1, 0.15) is 11.8 Å². The van der Waals surface area contributed by atoms with Crippen molar-refractivity contribution in [3.8, 4) is 11.4 Å². The Morgan fingerprint density at radius 1 is 1.07 bits per heavy atom. The number of nitrogens with zero attached hydrogens (tertiary/aromatic N) is 3. The lowest BCUT2D eigenvalue weighted by Gasteiger charge is -2.27. The quantitative estimate of drug-likeness (QED) is 0.203. The van der Waals surface area contributed by atoms with Gasteiger partial charge in [-0.15, -0.1) is 0 Å².